The molecule has 2 unspecified atom stereocenters. The average molecular weight is 777 g/mol. The Morgan fingerprint density at radius 3 is 1.60 bits per heavy atom. The molecule has 282 valence electrons. The minimum Gasteiger partial charge on any atom is -0.337 e. The van der Waals surface area contributed by atoms with Gasteiger partial charge >= 0.3 is 0 Å². The molecule has 7 rings (SSSR count). The highest BCUT2D eigenvalue weighted by Crippen LogP contribution is 2.37. The van der Waals surface area contributed by atoms with Crippen LogP contribution >= 0.6 is 0 Å². The topological polar surface area (TPSA) is 129 Å². The summed E-state index contributed by atoms with van der Waals surface area (Å²) in [5, 5.41) is 0. The van der Waals surface area contributed by atoms with E-state index < -0.39 is 29.8 Å². The van der Waals surface area contributed by atoms with Gasteiger partial charge in [-0.05, 0) is 134 Å². The smallest absolute Gasteiger partial charge is 0.264 e. The third-order valence-electron chi connectivity index (χ3n) is 9.89. The fraction of sp³-hybridized carbons (Fsp3) is 0.341. The Balaban J connectivity index is 0.000000201. The zero-order valence-corrected chi connectivity index (χ0v) is 31.6. The molecule has 2 aliphatic rings. The summed E-state index contributed by atoms with van der Waals surface area (Å²) in [5.74, 6) is 0.670. The van der Waals surface area contributed by atoms with Crippen LogP contribution in [-0.4, -0.2) is 47.7 Å². The molecule has 0 spiro atoms. The van der Waals surface area contributed by atoms with Crippen molar-refractivity contribution in [2.24, 2.45) is 0 Å². The molecule has 12 heteroatoms. The first kappa shape index (κ1) is 40.1. The molecule has 0 bridgehead atoms. The molecule has 1 heterocycles. The lowest BCUT2D eigenvalue weighted by atomic mass is 9.81. The highest BCUT2D eigenvalue weighted by atomic mass is 32.2. The number of aromatic nitrogens is 2. The maximum Gasteiger partial charge on any atom is 0.264 e. The van der Waals surface area contributed by atoms with E-state index in [1.807, 2.05) is 36.8 Å². The first-order valence-electron chi connectivity index (χ1n) is 17.6. The molecule has 0 radical (unpaired) electrons. The zero-order chi connectivity index (χ0) is 36.8. The van der Waals surface area contributed by atoms with Crippen molar-refractivity contribution < 1.29 is 29.4 Å². The summed E-state index contributed by atoms with van der Waals surface area (Å²) >= 11 is 0. The van der Waals surface area contributed by atoms with Gasteiger partial charge in [-0.1, -0.05) is 56.0 Å². The molecule has 1 aromatic heterocycles. The summed E-state index contributed by atoms with van der Waals surface area (Å²) < 4.78 is 80.5. The van der Waals surface area contributed by atoms with E-state index >= 15 is 0 Å². The number of hydrogen-bond acceptors (Lipinski definition) is 8. The third kappa shape index (κ3) is 9.91. The molecular weight excluding hydrogens is 729 g/mol. The Kier molecular flexibility index (Phi) is 13.1. The summed E-state index contributed by atoms with van der Waals surface area (Å²) in [5.41, 5.74) is 4.62. The molecule has 0 fully saturated rings. The predicted octanol–water partition coefficient (Wildman–Crippen LogP) is 8.17. The second kappa shape index (κ2) is 17.4. The molecule has 2 atom stereocenters. The lowest BCUT2D eigenvalue weighted by molar-refractivity contribution is 0.296. The summed E-state index contributed by atoms with van der Waals surface area (Å²) in [6.45, 7) is 1.08. The fourth-order valence-electron chi connectivity index (χ4n) is 7.25. The normalized spacial score (nSPS) is 17.0. The van der Waals surface area contributed by atoms with Crippen LogP contribution in [0.25, 0.3) is 0 Å². The van der Waals surface area contributed by atoms with Crippen LogP contribution < -0.4 is 0 Å². The Hall–Kier alpha value is -4.10. The minimum atomic E-state index is -3.53. The van der Waals surface area contributed by atoms with Crippen LogP contribution in [0.3, 0.4) is 0 Å². The largest absolute Gasteiger partial charge is 0.337 e. The van der Waals surface area contributed by atoms with Crippen molar-refractivity contribution in [1.82, 2.24) is 9.55 Å². The molecule has 0 saturated carbocycles. The van der Waals surface area contributed by atoms with Crippen LogP contribution in [0.5, 0.6) is 0 Å². The lowest BCUT2D eigenvalue weighted by Crippen LogP contribution is -2.14. The second-order valence-corrected chi connectivity index (χ2v) is 19.0. The van der Waals surface area contributed by atoms with Crippen molar-refractivity contribution in [3.05, 3.63) is 138 Å². The van der Waals surface area contributed by atoms with Crippen molar-refractivity contribution in [3.63, 3.8) is 0 Å². The molecule has 2 aliphatic carbocycles. The van der Waals surface area contributed by atoms with Gasteiger partial charge in [-0.3, -0.25) is 4.18 Å². The third-order valence-corrected chi connectivity index (χ3v) is 14.0. The van der Waals surface area contributed by atoms with Crippen molar-refractivity contribution in [1.29, 1.82) is 0 Å². The van der Waals surface area contributed by atoms with E-state index in [9.17, 15) is 25.3 Å². The maximum atomic E-state index is 12.9. The Morgan fingerprint density at radius 2 is 1.15 bits per heavy atom. The zero-order valence-electron chi connectivity index (χ0n) is 29.2. The van der Waals surface area contributed by atoms with Gasteiger partial charge in [0.25, 0.3) is 10.1 Å². The molecule has 0 aliphatic heterocycles. The van der Waals surface area contributed by atoms with Gasteiger partial charge in [0.1, 0.15) is 0 Å². The van der Waals surface area contributed by atoms with Crippen molar-refractivity contribution in [2.75, 3.05) is 12.9 Å². The van der Waals surface area contributed by atoms with Gasteiger partial charge in [0, 0.05) is 18.9 Å². The van der Waals surface area contributed by atoms with Crippen LogP contribution in [-0.2, 0) is 53.4 Å². The number of fused-ring (bicyclic) bond motifs is 2. The lowest BCUT2D eigenvalue weighted by Gasteiger charge is -2.26. The quantitative estimate of drug-likeness (QED) is 0.123. The van der Waals surface area contributed by atoms with Gasteiger partial charge < -0.3 is 4.57 Å². The molecule has 0 amide bonds. The van der Waals surface area contributed by atoms with Gasteiger partial charge in [0.05, 0.1) is 38.8 Å². The molecular formula is C41H48N2O7S3. The van der Waals surface area contributed by atoms with Gasteiger partial charge in [-0.15, -0.1) is 0 Å². The van der Waals surface area contributed by atoms with E-state index in [4.69, 9.17) is 4.18 Å². The highest BCUT2D eigenvalue weighted by molar-refractivity contribution is 7.91. The Morgan fingerprint density at radius 1 is 0.660 bits per heavy atom. The SMILES string of the molecule is C.CS(=O)(=O)OCCC1CCCc2cc(S(=O)(=O)c3ccccc3)ccc21.O=S(=O)(c1ccccc1)c1ccc2c(c1)CCCC2CCn1ccnc1. The molecule has 0 saturated heterocycles. The Bertz CT molecular complexity index is 2290. The van der Waals surface area contributed by atoms with E-state index in [1.54, 1.807) is 79.0 Å². The molecule has 5 aromatic rings. The van der Waals surface area contributed by atoms with Gasteiger partial charge in [-0.25, -0.2) is 21.8 Å². The first-order chi connectivity index (χ1) is 24.9. The highest BCUT2D eigenvalue weighted by Gasteiger charge is 2.26. The molecule has 4 aromatic carbocycles. The predicted molar refractivity (Wildman–Crippen MR) is 207 cm³/mol. The Labute approximate surface area is 315 Å². The molecule has 0 N–H and O–H groups in total. The van der Waals surface area contributed by atoms with Crippen LogP contribution in [0.1, 0.15) is 80.0 Å². The number of benzene rings is 4. The summed E-state index contributed by atoms with van der Waals surface area (Å²) in [6, 6.07) is 28.0. The first-order valence-corrected chi connectivity index (χ1v) is 22.4. The van der Waals surface area contributed by atoms with Gasteiger partial charge in [0.2, 0.25) is 19.7 Å². The minimum absolute atomic E-state index is 0. The van der Waals surface area contributed by atoms with Gasteiger partial charge in [0.15, 0.2) is 0 Å². The maximum absolute atomic E-state index is 12.9. The van der Waals surface area contributed by atoms with Crippen LogP contribution in [0.2, 0.25) is 0 Å². The second-order valence-electron chi connectivity index (χ2n) is 13.4. The van der Waals surface area contributed by atoms with Crippen molar-refractivity contribution in [2.45, 2.75) is 96.8 Å². The van der Waals surface area contributed by atoms with Crippen LogP contribution in [0.4, 0.5) is 0 Å². The monoisotopic (exact) mass is 776 g/mol. The van der Waals surface area contributed by atoms with Gasteiger partial charge in [-0.2, -0.15) is 8.42 Å². The summed E-state index contributed by atoms with van der Waals surface area (Å²) in [4.78, 5) is 5.44. The fourth-order valence-corrected chi connectivity index (χ4v) is 10.3. The average Bonchev–Trinajstić information content (AvgIpc) is 3.68. The standard InChI is InChI=1S/C21H22N2O2S.C19H22O5S2.CH4/c24-26(25,19-7-2-1-3-8-19)20-9-10-21-17(5-4-6-18(21)15-20)11-13-23-14-12-22-16-23;1-25(20,21)24-13-12-15-6-5-7-16-14-18(10-11-19(15)16)26(22,23)17-8-3-2-4-9-17;/h1-3,7-10,12,14-17H,4-6,11,13H2;2-4,8-11,14-15H,5-7,12-13H2,1H3;1H4. The molecule has 9 nitrogen and oxygen atoms in total. The summed E-state index contributed by atoms with van der Waals surface area (Å²) in [6.07, 6.45) is 14.3. The number of hydrogen-bond donors (Lipinski definition) is 0. The number of nitrogens with zero attached hydrogens (tertiary/aromatic N) is 2. The molecule has 53 heavy (non-hydrogen) atoms. The van der Waals surface area contributed by atoms with E-state index in [1.165, 1.54) is 11.1 Å². The van der Waals surface area contributed by atoms with E-state index in [0.29, 0.717) is 27.0 Å². The number of imidazole rings is 1. The van der Waals surface area contributed by atoms with E-state index in [2.05, 4.69) is 9.55 Å². The summed E-state index contributed by atoms with van der Waals surface area (Å²) in [7, 11) is -10.4. The number of aryl methyl sites for hydroxylation is 3. The number of rotatable bonds is 11. The van der Waals surface area contributed by atoms with E-state index in [-0.39, 0.29) is 24.8 Å². The van der Waals surface area contributed by atoms with Crippen molar-refractivity contribution >= 4 is 29.8 Å². The van der Waals surface area contributed by atoms with E-state index in [0.717, 1.165) is 68.9 Å². The number of sulfone groups is 2. The van der Waals surface area contributed by atoms with Crippen molar-refractivity contribution in [3.8, 4) is 0 Å². The van der Waals surface area contributed by atoms with Crippen LogP contribution in [0.15, 0.2) is 135 Å². The van der Waals surface area contributed by atoms with Crippen LogP contribution in [0, 0.1) is 0 Å².